The predicted octanol–water partition coefficient (Wildman–Crippen LogP) is 2.83. The molecule has 1 amide bonds. The Labute approximate surface area is 189 Å². The molecule has 1 aliphatic heterocycles. The zero-order chi connectivity index (χ0) is 23.7. The van der Waals surface area contributed by atoms with Crippen LogP contribution in [0.3, 0.4) is 0 Å². The molecule has 1 fully saturated rings. The highest BCUT2D eigenvalue weighted by Gasteiger charge is 2.46. The van der Waals surface area contributed by atoms with E-state index in [2.05, 4.69) is 15.0 Å². The summed E-state index contributed by atoms with van der Waals surface area (Å²) >= 11 is 0. The molecular formula is C24H22N4O5. The summed E-state index contributed by atoms with van der Waals surface area (Å²) in [6.45, 7) is 3.43. The van der Waals surface area contributed by atoms with E-state index >= 15 is 0 Å². The Bertz CT molecular complexity index is 1260. The molecule has 0 radical (unpaired) electrons. The van der Waals surface area contributed by atoms with Crippen molar-refractivity contribution in [1.29, 1.82) is 0 Å². The summed E-state index contributed by atoms with van der Waals surface area (Å²) in [4.78, 5) is 50.8. The molecule has 0 aliphatic carbocycles. The summed E-state index contributed by atoms with van der Waals surface area (Å²) < 4.78 is 4.79. The second-order valence-electron chi connectivity index (χ2n) is 7.69. The highest BCUT2D eigenvalue weighted by Crippen LogP contribution is 2.41. The molecule has 0 unspecified atom stereocenters. The van der Waals surface area contributed by atoms with Crippen LogP contribution in [0, 0.1) is 13.8 Å². The molecule has 0 saturated carbocycles. The fourth-order valence-corrected chi connectivity index (χ4v) is 4.17. The van der Waals surface area contributed by atoms with E-state index in [0.29, 0.717) is 16.8 Å². The lowest BCUT2D eigenvalue weighted by Gasteiger charge is -2.25. The molecule has 33 heavy (non-hydrogen) atoms. The van der Waals surface area contributed by atoms with Gasteiger partial charge in [0.2, 0.25) is 0 Å². The molecule has 4 rings (SSSR count). The predicted molar refractivity (Wildman–Crippen MR) is 118 cm³/mol. The van der Waals surface area contributed by atoms with Crippen LogP contribution in [0.25, 0.3) is 5.76 Å². The maximum absolute atomic E-state index is 13.2. The number of methoxy groups -OCH3 is 1. The molecular weight excluding hydrogens is 424 g/mol. The van der Waals surface area contributed by atoms with Crippen molar-refractivity contribution in [2.45, 2.75) is 26.4 Å². The number of aliphatic hydroxyl groups is 1. The van der Waals surface area contributed by atoms with E-state index in [1.807, 2.05) is 0 Å². The largest absolute Gasteiger partial charge is 0.507 e. The van der Waals surface area contributed by atoms with E-state index in [0.717, 1.165) is 5.56 Å². The standard InChI is InChI=1S/C24H22N4O5/c1-13-17(14(2)27-19(13)24(32)33-3)21(29)18-20(16-6-9-25-10-7-16)28(23(31)22(18)30)12-15-5-4-8-26-11-15/h4-11,20,27,29H,12H2,1-3H3/t20-/m1/s1. The summed E-state index contributed by atoms with van der Waals surface area (Å²) in [7, 11) is 1.25. The number of rotatable bonds is 5. The van der Waals surface area contributed by atoms with Crippen LogP contribution in [-0.2, 0) is 20.9 Å². The number of hydrogen-bond acceptors (Lipinski definition) is 7. The second-order valence-corrected chi connectivity index (χ2v) is 7.69. The Morgan fingerprint density at radius 1 is 1.15 bits per heavy atom. The summed E-state index contributed by atoms with van der Waals surface area (Å²) in [5.41, 5.74) is 2.64. The first-order chi connectivity index (χ1) is 15.8. The number of hydrogen-bond donors (Lipinski definition) is 2. The van der Waals surface area contributed by atoms with E-state index in [1.54, 1.807) is 62.9 Å². The van der Waals surface area contributed by atoms with Gasteiger partial charge in [-0.2, -0.15) is 0 Å². The Balaban J connectivity index is 1.90. The fraction of sp³-hybridized carbons (Fsp3) is 0.208. The number of esters is 1. The Kier molecular flexibility index (Phi) is 5.78. The summed E-state index contributed by atoms with van der Waals surface area (Å²) in [6, 6.07) is 6.09. The van der Waals surface area contributed by atoms with E-state index in [4.69, 9.17) is 4.74 Å². The van der Waals surface area contributed by atoms with Crippen molar-refractivity contribution in [2.24, 2.45) is 0 Å². The maximum Gasteiger partial charge on any atom is 0.354 e. The molecule has 9 nitrogen and oxygen atoms in total. The van der Waals surface area contributed by atoms with E-state index < -0.39 is 23.7 Å². The number of nitrogens with zero attached hydrogens (tertiary/aromatic N) is 3. The topological polar surface area (TPSA) is 125 Å². The van der Waals surface area contributed by atoms with Gasteiger partial charge >= 0.3 is 5.97 Å². The monoisotopic (exact) mass is 446 g/mol. The number of aromatic nitrogens is 3. The first-order valence-electron chi connectivity index (χ1n) is 10.2. The number of nitrogens with one attached hydrogen (secondary N) is 1. The minimum Gasteiger partial charge on any atom is -0.507 e. The molecule has 2 N–H and O–H groups in total. The van der Waals surface area contributed by atoms with E-state index in [-0.39, 0.29) is 29.1 Å². The Morgan fingerprint density at radius 3 is 2.52 bits per heavy atom. The van der Waals surface area contributed by atoms with Crippen LogP contribution in [0.5, 0.6) is 0 Å². The molecule has 1 atom stereocenters. The van der Waals surface area contributed by atoms with Gasteiger partial charge in [-0.05, 0) is 48.7 Å². The zero-order valence-electron chi connectivity index (χ0n) is 18.3. The molecule has 0 spiro atoms. The van der Waals surface area contributed by atoms with Gasteiger partial charge in [-0.3, -0.25) is 19.6 Å². The molecule has 1 saturated heterocycles. The Morgan fingerprint density at radius 2 is 1.88 bits per heavy atom. The number of aliphatic hydroxyl groups excluding tert-OH is 1. The molecule has 9 heteroatoms. The number of amides is 1. The van der Waals surface area contributed by atoms with Crippen molar-refractivity contribution in [3.63, 3.8) is 0 Å². The van der Waals surface area contributed by atoms with Crippen LogP contribution in [0.1, 0.15) is 44.5 Å². The average molecular weight is 446 g/mol. The summed E-state index contributed by atoms with van der Waals surface area (Å²) in [6.07, 6.45) is 6.35. The molecule has 3 aromatic rings. The fourth-order valence-electron chi connectivity index (χ4n) is 4.17. The van der Waals surface area contributed by atoms with Crippen LogP contribution in [0.15, 0.2) is 54.6 Å². The lowest BCUT2D eigenvalue weighted by atomic mass is 9.94. The van der Waals surface area contributed by atoms with Gasteiger partial charge in [0, 0.05) is 42.6 Å². The van der Waals surface area contributed by atoms with Gasteiger partial charge in [0.25, 0.3) is 11.7 Å². The quantitative estimate of drug-likeness (QED) is 0.267. The molecule has 0 aromatic carbocycles. The normalized spacial score (nSPS) is 17.4. The van der Waals surface area contributed by atoms with Crippen LogP contribution in [0.4, 0.5) is 0 Å². The number of ether oxygens (including phenoxy) is 1. The molecule has 0 bridgehead atoms. The third-order valence-electron chi connectivity index (χ3n) is 5.70. The number of aromatic amines is 1. The van der Waals surface area contributed by atoms with Gasteiger partial charge in [-0.1, -0.05) is 6.07 Å². The smallest absolute Gasteiger partial charge is 0.354 e. The van der Waals surface area contributed by atoms with Crippen molar-refractivity contribution >= 4 is 23.4 Å². The third kappa shape index (κ3) is 3.78. The van der Waals surface area contributed by atoms with Gasteiger partial charge in [-0.25, -0.2) is 4.79 Å². The lowest BCUT2D eigenvalue weighted by molar-refractivity contribution is -0.140. The van der Waals surface area contributed by atoms with E-state index in [1.165, 1.54) is 12.0 Å². The number of ketones is 1. The number of Topliss-reactive ketones (excluding diaryl/α,β-unsaturated/α-hetero) is 1. The summed E-state index contributed by atoms with van der Waals surface area (Å²) in [5, 5.41) is 11.3. The second kappa shape index (κ2) is 8.70. The van der Waals surface area contributed by atoms with Gasteiger partial charge in [0.1, 0.15) is 11.5 Å². The minimum absolute atomic E-state index is 0.0586. The lowest BCUT2D eigenvalue weighted by Crippen LogP contribution is -2.29. The summed E-state index contributed by atoms with van der Waals surface area (Å²) in [5.74, 6) is -2.50. The third-order valence-corrected chi connectivity index (χ3v) is 5.70. The average Bonchev–Trinajstić information content (AvgIpc) is 3.27. The van der Waals surface area contributed by atoms with Crippen LogP contribution < -0.4 is 0 Å². The molecule has 1 aliphatic rings. The van der Waals surface area contributed by atoms with Gasteiger partial charge < -0.3 is 19.7 Å². The van der Waals surface area contributed by atoms with Crippen molar-refractivity contribution in [1.82, 2.24) is 19.9 Å². The minimum atomic E-state index is -0.844. The number of carbonyl (C=O) groups is 3. The first-order valence-corrected chi connectivity index (χ1v) is 10.2. The van der Waals surface area contributed by atoms with Crippen molar-refractivity contribution in [3.05, 3.63) is 88.3 Å². The number of pyridine rings is 2. The highest BCUT2D eigenvalue weighted by atomic mass is 16.5. The number of aryl methyl sites for hydroxylation is 1. The molecule has 168 valence electrons. The van der Waals surface area contributed by atoms with Crippen molar-refractivity contribution in [2.75, 3.05) is 7.11 Å². The SMILES string of the molecule is COC(=O)c1[nH]c(C)c(C(O)=C2C(=O)C(=O)N(Cc3cccnc3)[C@@H]2c2ccncc2)c1C. The number of carbonyl (C=O) groups excluding carboxylic acids is 3. The maximum atomic E-state index is 13.2. The van der Waals surface area contributed by atoms with Crippen LogP contribution >= 0.6 is 0 Å². The van der Waals surface area contributed by atoms with Crippen LogP contribution in [0.2, 0.25) is 0 Å². The van der Waals surface area contributed by atoms with Gasteiger partial charge in [-0.15, -0.1) is 0 Å². The van der Waals surface area contributed by atoms with Crippen molar-refractivity contribution < 1.29 is 24.2 Å². The highest BCUT2D eigenvalue weighted by molar-refractivity contribution is 6.46. The van der Waals surface area contributed by atoms with Gasteiger partial charge in [0.15, 0.2) is 0 Å². The molecule has 4 heterocycles. The number of H-pyrrole nitrogens is 1. The van der Waals surface area contributed by atoms with Crippen molar-refractivity contribution in [3.8, 4) is 0 Å². The van der Waals surface area contributed by atoms with Gasteiger partial charge in [0.05, 0.1) is 18.7 Å². The first kappa shape index (κ1) is 21.9. The van der Waals surface area contributed by atoms with Crippen LogP contribution in [-0.4, -0.2) is 49.7 Å². The Hall–Kier alpha value is -4.27. The van der Waals surface area contributed by atoms with E-state index in [9.17, 15) is 19.5 Å². The number of likely N-dealkylation sites (tertiary alicyclic amines) is 1. The zero-order valence-corrected chi connectivity index (χ0v) is 18.3. The molecule has 3 aromatic heterocycles.